The number of hydrogen-bond donors (Lipinski definition) is 0. The Balaban J connectivity index is 3.23. The number of benzene rings is 1. The summed E-state index contributed by atoms with van der Waals surface area (Å²) in [6.07, 6.45) is 0. The molecule has 7 heteroatoms. The van der Waals surface area contributed by atoms with Crippen LogP contribution in [0.5, 0.6) is 0 Å². The van der Waals surface area contributed by atoms with Gasteiger partial charge in [-0.2, -0.15) is 0 Å². The molecule has 0 atom stereocenters. The summed E-state index contributed by atoms with van der Waals surface area (Å²) >= 11 is 0. The molecule has 0 aliphatic carbocycles. The summed E-state index contributed by atoms with van der Waals surface area (Å²) in [7, 11) is 6.19. The van der Waals surface area contributed by atoms with Crippen molar-refractivity contribution in [3.05, 3.63) is 33.9 Å². The van der Waals surface area contributed by atoms with Crippen molar-refractivity contribution in [3.8, 4) is 0 Å². The normalized spacial score (nSPS) is 10.0. The van der Waals surface area contributed by atoms with E-state index in [1.165, 1.54) is 32.4 Å². The average molecular weight is 253 g/mol. The van der Waals surface area contributed by atoms with Crippen molar-refractivity contribution < 1.29 is 14.6 Å². The first kappa shape index (κ1) is 13.9. The van der Waals surface area contributed by atoms with Gasteiger partial charge in [-0.1, -0.05) is 0 Å². The van der Waals surface area contributed by atoms with Crippen LogP contribution in [-0.2, 0) is 4.84 Å². The molecule has 0 aliphatic heterocycles. The van der Waals surface area contributed by atoms with Crippen molar-refractivity contribution in [2.75, 3.05) is 33.2 Å². The monoisotopic (exact) mass is 253 g/mol. The van der Waals surface area contributed by atoms with Crippen LogP contribution in [0.3, 0.4) is 0 Å². The Kier molecular flexibility index (Phi) is 4.22. The zero-order chi connectivity index (χ0) is 13.9. The second-order valence-electron chi connectivity index (χ2n) is 3.84. The van der Waals surface area contributed by atoms with Gasteiger partial charge in [0, 0.05) is 32.8 Å². The van der Waals surface area contributed by atoms with Crippen molar-refractivity contribution in [3.63, 3.8) is 0 Å². The highest BCUT2D eigenvalue weighted by Gasteiger charge is 2.20. The summed E-state index contributed by atoms with van der Waals surface area (Å²) in [4.78, 5) is 28.6. The van der Waals surface area contributed by atoms with E-state index in [4.69, 9.17) is 4.84 Å². The fraction of sp³-hybridized carbons (Fsp3) is 0.364. The van der Waals surface area contributed by atoms with Gasteiger partial charge in [0.2, 0.25) is 0 Å². The van der Waals surface area contributed by atoms with Crippen LogP contribution in [0.4, 0.5) is 11.4 Å². The summed E-state index contributed by atoms with van der Waals surface area (Å²) in [6, 6.07) is 4.31. The largest absolute Gasteiger partial charge is 0.372 e. The van der Waals surface area contributed by atoms with E-state index in [0.717, 1.165) is 5.06 Å². The quantitative estimate of drug-likeness (QED) is 0.597. The van der Waals surface area contributed by atoms with E-state index in [-0.39, 0.29) is 11.3 Å². The fourth-order valence-corrected chi connectivity index (χ4v) is 1.45. The maximum atomic E-state index is 11.8. The molecule has 0 saturated carbocycles. The van der Waals surface area contributed by atoms with E-state index >= 15 is 0 Å². The summed E-state index contributed by atoms with van der Waals surface area (Å²) in [5.41, 5.74) is 0.531. The zero-order valence-corrected chi connectivity index (χ0v) is 10.7. The third-order valence-electron chi connectivity index (χ3n) is 2.46. The maximum Gasteiger partial charge on any atom is 0.293 e. The first-order valence-corrected chi connectivity index (χ1v) is 5.16. The third kappa shape index (κ3) is 2.75. The lowest BCUT2D eigenvalue weighted by Crippen LogP contribution is -2.25. The zero-order valence-electron chi connectivity index (χ0n) is 10.7. The van der Waals surface area contributed by atoms with Crippen LogP contribution in [0.2, 0.25) is 0 Å². The molecule has 0 aliphatic rings. The highest BCUT2D eigenvalue weighted by atomic mass is 16.7. The molecule has 0 spiro atoms. The van der Waals surface area contributed by atoms with Gasteiger partial charge >= 0.3 is 0 Å². The van der Waals surface area contributed by atoms with Crippen molar-refractivity contribution in [2.45, 2.75) is 0 Å². The number of hydroxylamine groups is 2. The van der Waals surface area contributed by atoms with Gasteiger partial charge in [-0.05, 0) is 12.1 Å². The SMILES string of the molecule is CON(C)C(=O)c1ccc(N(C)C)c([N+](=O)[O-])c1. The molecule has 98 valence electrons. The number of rotatable bonds is 4. The van der Waals surface area contributed by atoms with Gasteiger partial charge in [0.05, 0.1) is 12.0 Å². The summed E-state index contributed by atoms with van der Waals surface area (Å²) in [6.45, 7) is 0. The number of hydrogen-bond acceptors (Lipinski definition) is 5. The molecule has 1 aromatic carbocycles. The molecule has 0 bridgehead atoms. The molecular weight excluding hydrogens is 238 g/mol. The van der Waals surface area contributed by atoms with Crippen LogP contribution in [0, 0.1) is 10.1 Å². The predicted molar refractivity (Wildman–Crippen MR) is 66.5 cm³/mol. The van der Waals surface area contributed by atoms with Crippen LogP contribution >= 0.6 is 0 Å². The van der Waals surface area contributed by atoms with Gasteiger partial charge in [0.15, 0.2) is 0 Å². The molecule has 1 amide bonds. The Labute approximate surface area is 105 Å². The van der Waals surface area contributed by atoms with Crippen LogP contribution in [0.1, 0.15) is 10.4 Å². The van der Waals surface area contributed by atoms with Crippen LogP contribution < -0.4 is 4.90 Å². The Morgan fingerprint density at radius 2 is 1.94 bits per heavy atom. The first-order chi connectivity index (χ1) is 8.38. The van der Waals surface area contributed by atoms with Gasteiger partial charge in [0.25, 0.3) is 11.6 Å². The maximum absolute atomic E-state index is 11.8. The van der Waals surface area contributed by atoms with Gasteiger partial charge in [-0.3, -0.25) is 19.7 Å². The molecule has 0 fully saturated rings. The lowest BCUT2D eigenvalue weighted by molar-refractivity contribution is -0.384. The van der Waals surface area contributed by atoms with Crippen molar-refractivity contribution >= 4 is 17.3 Å². The Bertz CT molecular complexity index is 473. The molecule has 0 unspecified atom stereocenters. The molecule has 0 radical (unpaired) electrons. The Morgan fingerprint density at radius 3 is 2.39 bits per heavy atom. The molecule has 18 heavy (non-hydrogen) atoms. The molecule has 7 nitrogen and oxygen atoms in total. The Morgan fingerprint density at radius 1 is 1.33 bits per heavy atom. The Hall–Kier alpha value is -2.15. The first-order valence-electron chi connectivity index (χ1n) is 5.16. The third-order valence-corrected chi connectivity index (χ3v) is 2.46. The van der Waals surface area contributed by atoms with Crippen molar-refractivity contribution in [1.29, 1.82) is 0 Å². The van der Waals surface area contributed by atoms with Crippen LogP contribution in [-0.4, -0.2) is 44.1 Å². The van der Waals surface area contributed by atoms with Gasteiger partial charge in [0.1, 0.15) is 5.69 Å². The summed E-state index contributed by atoms with van der Waals surface area (Å²) < 4.78 is 0. The van der Waals surface area contributed by atoms with E-state index in [1.807, 2.05) is 0 Å². The van der Waals surface area contributed by atoms with Gasteiger partial charge in [-0.25, -0.2) is 5.06 Å². The number of nitrogens with zero attached hydrogens (tertiary/aromatic N) is 3. The second-order valence-corrected chi connectivity index (χ2v) is 3.84. The second kappa shape index (κ2) is 5.46. The van der Waals surface area contributed by atoms with E-state index in [2.05, 4.69) is 0 Å². The molecule has 0 saturated heterocycles. The van der Waals surface area contributed by atoms with Gasteiger partial charge < -0.3 is 4.90 Å². The highest BCUT2D eigenvalue weighted by molar-refractivity contribution is 5.95. The summed E-state index contributed by atoms with van der Waals surface area (Å²) in [5, 5.41) is 12.0. The highest BCUT2D eigenvalue weighted by Crippen LogP contribution is 2.28. The number of amides is 1. The average Bonchev–Trinajstić information content (AvgIpc) is 2.35. The molecule has 0 aromatic heterocycles. The lowest BCUT2D eigenvalue weighted by Gasteiger charge is -2.16. The standard InChI is InChI=1S/C11H15N3O4/c1-12(2)9-6-5-8(7-10(9)14(16)17)11(15)13(3)18-4/h5-7H,1-4H3. The van der Waals surface area contributed by atoms with Crippen molar-refractivity contribution in [1.82, 2.24) is 5.06 Å². The summed E-state index contributed by atoms with van der Waals surface area (Å²) in [5.74, 6) is -0.439. The minimum atomic E-state index is -0.515. The molecule has 1 rings (SSSR count). The molecule has 1 aromatic rings. The molecule has 0 heterocycles. The van der Waals surface area contributed by atoms with Crippen LogP contribution in [0.25, 0.3) is 0 Å². The smallest absolute Gasteiger partial charge is 0.293 e. The fourth-order valence-electron chi connectivity index (χ4n) is 1.45. The number of nitro groups is 1. The van der Waals surface area contributed by atoms with E-state index in [1.54, 1.807) is 19.0 Å². The number of carbonyl (C=O) groups is 1. The topological polar surface area (TPSA) is 75.9 Å². The molecular formula is C11H15N3O4. The van der Waals surface area contributed by atoms with E-state index < -0.39 is 10.8 Å². The van der Waals surface area contributed by atoms with Crippen LogP contribution in [0.15, 0.2) is 18.2 Å². The lowest BCUT2D eigenvalue weighted by atomic mass is 10.1. The van der Waals surface area contributed by atoms with Crippen molar-refractivity contribution in [2.24, 2.45) is 0 Å². The number of anilines is 1. The van der Waals surface area contributed by atoms with E-state index in [9.17, 15) is 14.9 Å². The number of carbonyl (C=O) groups excluding carboxylic acids is 1. The number of nitro benzene ring substituents is 1. The minimum absolute atomic E-state index is 0.115. The molecule has 0 N–H and O–H groups in total. The van der Waals surface area contributed by atoms with Gasteiger partial charge in [-0.15, -0.1) is 0 Å². The predicted octanol–water partition coefficient (Wildman–Crippen LogP) is 1.29. The van der Waals surface area contributed by atoms with E-state index in [0.29, 0.717) is 5.69 Å². The minimum Gasteiger partial charge on any atom is -0.372 e.